The van der Waals surface area contributed by atoms with Gasteiger partial charge in [0.05, 0.1) is 4.92 Å². The summed E-state index contributed by atoms with van der Waals surface area (Å²) in [4.78, 5) is 9.68. The molecule has 0 aliphatic rings. The third-order valence-electron chi connectivity index (χ3n) is 2.71. The maximum Gasteiger partial charge on any atom is 0.423 e. The largest absolute Gasteiger partial charge is 0.423 e. The SMILES string of the molecule is CCP(=O)(CC)Sc1ccc([N+](=O)[O-])c(C(F)(F)F)c1. The minimum absolute atomic E-state index is 0.134. The van der Waals surface area contributed by atoms with Crippen LogP contribution < -0.4 is 0 Å². The van der Waals surface area contributed by atoms with Crippen LogP contribution in [0, 0.1) is 10.1 Å². The Morgan fingerprint density at radius 2 is 1.85 bits per heavy atom. The zero-order chi connectivity index (χ0) is 15.6. The van der Waals surface area contributed by atoms with Gasteiger partial charge in [0.1, 0.15) is 11.9 Å². The van der Waals surface area contributed by atoms with E-state index in [2.05, 4.69) is 0 Å². The molecule has 0 radical (unpaired) electrons. The highest BCUT2D eigenvalue weighted by atomic mass is 32.7. The molecule has 1 aromatic carbocycles. The van der Waals surface area contributed by atoms with Gasteiger partial charge in [-0.25, -0.2) is 0 Å². The van der Waals surface area contributed by atoms with Gasteiger partial charge in [0, 0.05) is 23.3 Å². The molecule has 0 saturated heterocycles. The van der Waals surface area contributed by atoms with E-state index in [1.807, 2.05) is 0 Å². The molecular weight excluding hydrogens is 314 g/mol. The number of hydrogen-bond donors (Lipinski definition) is 0. The molecule has 9 heteroatoms. The van der Waals surface area contributed by atoms with Crippen molar-refractivity contribution >= 4 is 23.4 Å². The number of nitro benzene ring substituents is 1. The molecule has 0 atom stereocenters. The number of nitro groups is 1. The van der Waals surface area contributed by atoms with Crippen molar-refractivity contribution in [3.63, 3.8) is 0 Å². The van der Waals surface area contributed by atoms with Crippen molar-refractivity contribution in [1.29, 1.82) is 0 Å². The van der Waals surface area contributed by atoms with E-state index in [-0.39, 0.29) is 4.90 Å². The van der Waals surface area contributed by atoms with Crippen LogP contribution in [0.1, 0.15) is 19.4 Å². The van der Waals surface area contributed by atoms with Crippen molar-refractivity contribution in [1.82, 2.24) is 0 Å². The quantitative estimate of drug-likeness (QED) is 0.432. The van der Waals surface area contributed by atoms with Gasteiger partial charge in [0.25, 0.3) is 5.69 Å². The molecule has 0 spiro atoms. The summed E-state index contributed by atoms with van der Waals surface area (Å²) in [6, 6.07) is 2.71. The Morgan fingerprint density at radius 1 is 1.30 bits per heavy atom. The molecule has 0 bridgehead atoms. The van der Waals surface area contributed by atoms with Gasteiger partial charge in [-0.05, 0) is 12.1 Å². The van der Waals surface area contributed by atoms with Gasteiger partial charge in [0.15, 0.2) is 0 Å². The number of benzene rings is 1. The van der Waals surface area contributed by atoms with Crippen LogP contribution in [-0.4, -0.2) is 17.2 Å². The molecular formula is C11H13F3NO3PS. The smallest absolute Gasteiger partial charge is 0.312 e. The van der Waals surface area contributed by atoms with Crippen LogP contribution in [0.15, 0.2) is 23.1 Å². The maximum atomic E-state index is 12.8. The lowest BCUT2D eigenvalue weighted by Gasteiger charge is -2.14. The van der Waals surface area contributed by atoms with Gasteiger partial charge >= 0.3 is 6.18 Å². The fourth-order valence-corrected chi connectivity index (χ4v) is 5.16. The van der Waals surface area contributed by atoms with Crippen LogP contribution in [0.3, 0.4) is 0 Å². The zero-order valence-corrected chi connectivity index (χ0v) is 12.5. The van der Waals surface area contributed by atoms with Crippen LogP contribution in [0.25, 0.3) is 0 Å². The van der Waals surface area contributed by atoms with Crippen LogP contribution in [0.4, 0.5) is 18.9 Å². The monoisotopic (exact) mass is 327 g/mol. The summed E-state index contributed by atoms with van der Waals surface area (Å²) in [6.45, 7) is 3.40. The first-order valence-corrected chi connectivity index (χ1v) is 9.26. The van der Waals surface area contributed by atoms with Crippen LogP contribution >= 0.6 is 17.7 Å². The Kier molecular flexibility index (Phi) is 5.27. The topological polar surface area (TPSA) is 60.2 Å². The molecule has 0 unspecified atom stereocenters. The minimum Gasteiger partial charge on any atom is -0.312 e. The van der Waals surface area contributed by atoms with Gasteiger partial charge < -0.3 is 4.57 Å². The highest BCUT2D eigenvalue weighted by Gasteiger charge is 2.38. The highest BCUT2D eigenvalue weighted by Crippen LogP contribution is 2.61. The number of alkyl halides is 3. The number of halogens is 3. The summed E-state index contributed by atoms with van der Waals surface area (Å²) >= 11 is 0.875. The first-order valence-electron chi connectivity index (χ1n) is 5.76. The summed E-state index contributed by atoms with van der Waals surface area (Å²) in [5.74, 6) is 0. The fraction of sp³-hybridized carbons (Fsp3) is 0.455. The fourth-order valence-electron chi connectivity index (χ4n) is 1.50. The predicted octanol–water partition coefficient (Wildman–Crippen LogP) is 5.02. The molecule has 0 heterocycles. The van der Waals surface area contributed by atoms with Crippen molar-refractivity contribution in [2.24, 2.45) is 0 Å². The van der Waals surface area contributed by atoms with E-state index in [9.17, 15) is 27.9 Å². The van der Waals surface area contributed by atoms with Crippen molar-refractivity contribution in [2.75, 3.05) is 12.3 Å². The van der Waals surface area contributed by atoms with Gasteiger partial charge in [-0.3, -0.25) is 10.1 Å². The standard InChI is InChI=1S/C11H13F3NO3PS/c1-3-19(18,4-2)20-8-5-6-10(15(16)17)9(7-8)11(12,13)14/h5-7H,3-4H2,1-2H3. The molecule has 0 aromatic heterocycles. The van der Waals surface area contributed by atoms with Gasteiger partial charge in [0.2, 0.25) is 0 Å². The zero-order valence-electron chi connectivity index (χ0n) is 10.8. The van der Waals surface area contributed by atoms with E-state index in [4.69, 9.17) is 0 Å². The molecule has 0 fully saturated rings. The van der Waals surface area contributed by atoms with Gasteiger partial charge in [-0.15, -0.1) is 0 Å². The average molecular weight is 327 g/mol. The van der Waals surface area contributed by atoms with E-state index < -0.39 is 28.7 Å². The molecule has 0 N–H and O–H groups in total. The second kappa shape index (κ2) is 6.18. The van der Waals surface area contributed by atoms with Crippen molar-refractivity contribution in [3.05, 3.63) is 33.9 Å². The van der Waals surface area contributed by atoms with E-state index in [1.54, 1.807) is 13.8 Å². The Morgan fingerprint density at radius 3 is 2.25 bits per heavy atom. The minimum atomic E-state index is -4.82. The molecule has 112 valence electrons. The van der Waals surface area contributed by atoms with Crippen LogP contribution in [-0.2, 0) is 10.7 Å². The summed E-state index contributed by atoms with van der Waals surface area (Å²) in [5, 5.41) is 10.6. The molecule has 0 aliphatic heterocycles. The Bertz CT molecular complexity index is 554. The molecule has 0 aliphatic carbocycles. The first kappa shape index (κ1) is 17.0. The summed E-state index contributed by atoms with van der Waals surface area (Å²) in [7, 11) is 0. The van der Waals surface area contributed by atoms with Crippen molar-refractivity contribution in [2.45, 2.75) is 24.9 Å². The third-order valence-corrected chi connectivity index (χ3v) is 8.61. The predicted molar refractivity (Wildman–Crippen MR) is 72.6 cm³/mol. The Balaban J connectivity index is 3.27. The maximum absolute atomic E-state index is 12.8. The van der Waals surface area contributed by atoms with E-state index in [1.165, 1.54) is 6.07 Å². The normalized spacial score (nSPS) is 12.4. The highest BCUT2D eigenvalue weighted by molar-refractivity contribution is 8.58. The summed E-state index contributed by atoms with van der Waals surface area (Å²) < 4.78 is 50.7. The number of nitrogens with zero attached hydrogens (tertiary/aromatic N) is 1. The molecule has 20 heavy (non-hydrogen) atoms. The summed E-state index contributed by atoms with van der Waals surface area (Å²) in [6.07, 6.45) is -6.75. The lowest BCUT2D eigenvalue weighted by molar-refractivity contribution is -0.388. The molecule has 1 rings (SSSR count). The Hall–Kier alpha value is -1.01. The molecule has 1 aromatic rings. The molecule has 4 nitrogen and oxygen atoms in total. The van der Waals surface area contributed by atoms with Crippen LogP contribution in [0.2, 0.25) is 0 Å². The van der Waals surface area contributed by atoms with Gasteiger partial charge in [-0.1, -0.05) is 25.2 Å². The van der Waals surface area contributed by atoms with E-state index in [0.717, 1.165) is 17.4 Å². The molecule has 0 amide bonds. The average Bonchev–Trinajstić information content (AvgIpc) is 2.37. The first-order chi connectivity index (χ1) is 9.13. The van der Waals surface area contributed by atoms with Crippen molar-refractivity contribution < 1.29 is 22.7 Å². The second-order valence-corrected chi connectivity index (χ2v) is 10.1. The van der Waals surface area contributed by atoms with Crippen LogP contribution in [0.5, 0.6) is 0 Å². The number of hydrogen-bond acceptors (Lipinski definition) is 4. The van der Waals surface area contributed by atoms with Gasteiger partial charge in [-0.2, -0.15) is 13.2 Å². The third kappa shape index (κ3) is 3.99. The van der Waals surface area contributed by atoms with E-state index in [0.29, 0.717) is 18.4 Å². The molecule has 0 saturated carbocycles. The van der Waals surface area contributed by atoms with E-state index >= 15 is 0 Å². The lowest BCUT2D eigenvalue weighted by Crippen LogP contribution is -2.09. The summed E-state index contributed by atoms with van der Waals surface area (Å²) in [5.41, 5.74) is -2.31. The van der Waals surface area contributed by atoms with Crippen molar-refractivity contribution in [3.8, 4) is 0 Å². The second-order valence-electron chi connectivity index (χ2n) is 3.97. The lowest BCUT2D eigenvalue weighted by atomic mass is 10.2. The number of rotatable bonds is 5. The Labute approximate surface area is 118 Å².